The molecular formula is C15H20N4O. The van der Waals surface area contributed by atoms with Crippen LogP contribution in [0.15, 0.2) is 24.3 Å². The number of carbonyl (C=O) groups is 1. The second-order valence-corrected chi connectivity index (χ2v) is 4.94. The number of nitrogens with two attached hydrogens (primary N) is 2. The average molecular weight is 272 g/mol. The van der Waals surface area contributed by atoms with Gasteiger partial charge in [-0.1, -0.05) is 0 Å². The molecule has 1 aromatic heterocycles. The number of rotatable bonds is 6. The molecule has 0 radical (unpaired) electrons. The first-order valence-electron chi connectivity index (χ1n) is 6.75. The summed E-state index contributed by atoms with van der Waals surface area (Å²) in [5, 5.41) is 4.40. The molecule has 5 N–H and O–H groups in total. The van der Waals surface area contributed by atoms with Gasteiger partial charge in [0, 0.05) is 35.4 Å². The number of nitrogen functional groups attached to an aromatic ring is 1. The number of aryl methyl sites for hydroxylation is 1. The lowest BCUT2D eigenvalue weighted by atomic mass is 10.1. The lowest BCUT2D eigenvalue weighted by Gasteiger charge is -2.11. The number of carbonyl (C=O) groups excluding carboxylic acids is 1. The zero-order valence-corrected chi connectivity index (χ0v) is 11.6. The molecule has 1 aromatic carbocycles. The van der Waals surface area contributed by atoms with Crippen LogP contribution in [-0.4, -0.2) is 17.4 Å². The van der Waals surface area contributed by atoms with Crippen LogP contribution in [0.4, 0.5) is 11.4 Å². The fourth-order valence-corrected chi connectivity index (χ4v) is 2.17. The Morgan fingerprint density at radius 2 is 2.10 bits per heavy atom. The number of amides is 1. The van der Waals surface area contributed by atoms with Crippen molar-refractivity contribution in [2.75, 3.05) is 17.6 Å². The Kier molecular flexibility index (Phi) is 4.40. The van der Waals surface area contributed by atoms with Crippen molar-refractivity contribution < 1.29 is 4.79 Å². The molecule has 0 fully saturated rings. The van der Waals surface area contributed by atoms with Gasteiger partial charge in [0.1, 0.15) is 0 Å². The van der Waals surface area contributed by atoms with E-state index in [4.69, 9.17) is 11.5 Å². The van der Waals surface area contributed by atoms with Gasteiger partial charge in [-0.15, -0.1) is 0 Å². The van der Waals surface area contributed by atoms with Crippen LogP contribution in [0.3, 0.4) is 0 Å². The monoisotopic (exact) mass is 272 g/mol. The van der Waals surface area contributed by atoms with Gasteiger partial charge < -0.3 is 16.8 Å². The Labute approximate surface area is 118 Å². The molecule has 5 nitrogen and oxygen atoms in total. The summed E-state index contributed by atoms with van der Waals surface area (Å²) in [7, 11) is 0. The van der Waals surface area contributed by atoms with Crippen molar-refractivity contribution in [3.63, 3.8) is 0 Å². The lowest BCUT2D eigenvalue weighted by Crippen LogP contribution is -2.11. The first kappa shape index (κ1) is 14.1. The smallest absolute Gasteiger partial charge is 0.217 e. The lowest BCUT2D eigenvalue weighted by molar-refractivity contribution is -0.118. The van der Waals surface area contributed by atoms with Crippen molar-refractivity contribution in [1.29, 1.82) is 0 Å². The minimum absolute atomic E-state index is 0.247. The molecule has 0 atom stereocenters. The number of primary amides is 1. The van der Waals surface area contributed by atoms with Crippen molar-refractivity contribution in [3.05, 3.63) is 30.0 Å². The standard InChI is InChI=1S/C15H20N4O/c1-10-8-14(18-7-3-2-4-15(17)20)12-9-11(16)5-6-13(12)19-10/h5-6,8-9H,2-4,7,16H2,1H3,(H2,17,20)(H,18,19). The van der Waals surface area contributed by atoms with Crippen molar-refractivity contribution in [2.24, 2.45) is 5.73 Å². The molecule has 2 aromatic rings. The van der Waals surface area contributed by atoms with E-state index < -0.39 is 0 Å². The second kappa shape index (κ2) is 6.23. The molecule has 0 saturated heterocycles. The van der Waals surface area contributed by atoms with Gasteiger partial charge in [-0.3, -0.25) is 9.78 Å². The molecule has 2 rings (SSSR count). The number of pyridine rings is 1. The quantitative estimate of drug-likeness (QED) is 0.555. The fraction of sp³-hybridized carbons (Fsp3) is 0.333. The Morgan fingerprint density at radius 3 is 2.85 bits per heavy atom. The number of aromatic nitrogens is 1. The van der Waals surface area contributed by atoms with E-state index in [0.29, 0.717) is 6.42 Å². The third-order valence-electron chi connectivity index (χ3n) is 3.13. The number of hydrogen-bond acceptors (Lipinski definition) is 4. The molecule has 0 aliphatic heterocycles. The highest BCUT2D eigenvalue weighted by Crippen LogP contribution is 2.25. The Morgan fingerprint density at radius 1 is 1.30 bits per heavy atom. The van der Waals surface area contributed by atoms with E-state index >= 15 is 0 Å². The van der Waals surface area contributed by atoms with Gasteiger partial charge in [0.15, 0.2) is 0 Å². The number of nitrogens with zero attached hydrogens (tertiary/aromatic N) is 1. The summed E-state index contributed by atoms with van der Waals surface area (Å²) in [5.41, 5.74) is 14.6. The van der Waals surface area contributed by atoms with E-state index in [2.05, 4.69) is 10.3 Å². The SMILES string of the molecule is Cc1cc(NCCCCC(N)=O)c2cc(N)ccc2n1. The van der Waals surface area contributed by atoms with Gasteiger partial charge in [0.05, 0.1) is 5.52 Å². The molecule has 1 heterocycles. The largest absolute Gasteiger partial charge is 0.399 e. The molecule has 0 bridgehead atoms. The minimum Gasteiger partial charge on any atom is -0.399 e. The summed E-state index contributed by atoms with van der Waals surface area (Å²) in [4.78, 5) is 15.2. The molecule has 0 aliphatic carbocycles. The van der Waals surface area contributed by atoms with Gasteiger partial charge in [-0.05, 0) is 44.0 Å². The molecule has 106 valence electrons. The number of fused-ring (bicyclic) bond motifs is 1. The summed E-state index contributed by atoms with van der Waals surface area (Å²) < 4.78 is 0. The van der Waals surface area contributed by atoms with E-state index in [0.717, 1.165) is 47.4 Å². The van der Waals surface area contributed by atoms with Crippen LogP contribution in [0, 0.1) is 6.92 Å². The maximum atomic E-state index is 10.7. The summed E-state index contributed by atoms with van der Waals surface area (Å²) in [5.74, 6) is -0.247. The number of benzene rings is 1. The number of nitrogens with one attached hydrogen (secondary N) is 1. The summed E-state index contributed by atoms with van der Waals surface area (Å²) in [6.07, 6.45) is 2.13. The number of anilines is 2. The summed E-state index contributed by atoms with van der Waals surface area (Å²) in [6, 6.07) is 7.71. The highest BCUT2D eigenvalue weighted by atomic mass is 16.1. The van der Waals surface area contributed by atoms with Gasteiger partial charge in [-0.2, -0.15) is 0 Å². The molecule has 5 heteroatoms. The first-order valence-corrected chi connectivity index (χ1v) is 6.75. The van der Waals surface area contributed by atoms with Crippen LogP contribution < -0.4 is 16.8 Å². The van der Waals surface area contributed by atoms with Crippen LogP contribution in [0.1, 0.15) is 25.0 Å². The van der Waals surface area contributed by atoms with Crippen molar-refractivity contribution in [3.8, 4) is 0 Å². The van der Waals surface area contributed by atoms with E-state index in [1.54, 1.807) is 0 Å². The zero-order chi connectivity index (χ0) is 14.5. The van der Waals surface area contributed by atoms with E-state index in [1.807, 2.05) is 31.2 Å². The second-order valence-electron chi connectivity index (χ2n) is 4.94. The number of hydrogen-bond donors (Lipinski definition) is 3. The predicted molar refractivity (Wildman–Crippen MR) is 82.4 cm³/mol. The Bertz CT molecular complexity index is 625. The van der Waals surface area contributed by atoms with E-state index in [-0.39, 0.29) is 5.91 Å². The average Bonchev–Trinajstić information content (AvgIpc) is 2.38. The third-order valence-corrected chi connectivity index (χ3v) is 3.13. The molecule has 0 saturated carbocycles. The van der Waals surface area contributed by atoms with Gasteiger partial charge in [0.25, 0.3) is 0 Å². The van der Waals surface area contributed by atoms with Crippen LogP contribution >= 0.6 is 0 Å². The van der Waals surface area contributed by atoms with Crippen LogP contribution in [0.5, 0.6) is 0 Å². The minimum atomic E-state index is -0.247. The van der Waals surface area contributed by atoms with Crippen molar-refractivity contribution in [2.45, 2.75) is 26.2 Å². The topological polar surface area (TPSA) is 94.0 Å². The first-order chi connectivity index (χ1) is 9.56. The maximum absolute atomic E-state index is 10.7. The normalized spacial score (nSPS) is 10.7. The van der Waals surface area contributed by atoms with Crippen molar-refractivity contribution >= 4 is 28.2 Å². The summed E-state index contributed by atoms with van der Waals surface area (Å²) >= 11 is 0. The fourth-order valence-electron chi connectivity index (χ4n) is 2.17. The predicted octanol–water partition coefficient (Wildman–Crippen LogP) is 2.19. The Balaban J connectivity index is 2.08. The number of unbranched alkanes of at least 4 members (excludes halogenated alkanes) is 1. The van der Waals surface area contributed by atoms with Gasteiger partial charge in [-0.25, -0.2) is 0 Å². The highest BCUT2D eigenvalue weighted by Gasteiger charge is 2.04. The zero-order valence-electron chi connectivity index (χ0n) is 11.6. The maximum Gasteiger partial charge on any atom is 0.217 e. The van der Waals surface area contributed by atoms with Crippen LogP contribution in [0.2, 0.25) is 0 Å². The van der Waals surface area contributed by atoms with E-state index in [1.165, 1.54) is 0 Å². The molecule has 1 amide bonds. The third kappa shape index (κ3) is 3.60. The van der Waals surface area contributed by atoms with Gasteiger partial charge in [0.2, 0.25) is 5.91 Å². The van der Waals surface area contributed by atoms with E-state index in [9.17, 15) is 4.79 Å². The molecule has 0 aliphatic rings. The molecule has 0 spiro atoms. The van der Waals surface area contributed by atoms with Crippen molar-refractivity contribution in [1.82, 2.24) is 4.98 Å². The highest BCUT2D eigenvalue weighted by molar-refractivity contribution is 5.93. The van der Waals surface area contributed by atoms with Crippen LogP contribution in [-0.2, 0) is 4.79 Å². The van der Waals surface area contributed by atoms with Gasteiger partial charge >= 0.3 is 0 Å². The summed E-state index contributed by atoms with van der Waals surface area (Å²) in [6.45, 7) is 2.76. The molecular weight excluding hydrogens is 252 g/mol. The Hall–Kier alpha value is -2.30. The van der Waals surface area contributed by atoms with Crippen LogP contribution in [0.25, 0.3) is 10.9 Å². The molecule has 0 unspecified atom stereocenters. The molecule has 20 heavy (non-hydrogen) atoms.